The first-order chi connectivity index (χ1) is 24.4. The summed E-state index contributed by atoms with van der Waals surface area (Å²) in [7, 11) is 0. The number of aromatic nitrogens is 4. The van der Waals surface area contributed by atoms with Crippen molar-refractivity contribution in [2.45, 2.75) is 19.9 Å². The van der Waals surface area contributed by atoms with Gasteiger partial charge in [-0.1, -0.05) is 6.07 Å². The van der Waals surface area contributed by atoms with E-state index in [1.54, 1.807) is 35.9 Å². The van der Waals surface area contributed by atoms with Crippen LogP contribution in [0.15, 0.2) is 97.7 Å². The maximum Gasteiger partial charge on any atom is 0.328 e. The molecule has 3 aromatic heterocycles. The van der Waals surface area contributed by atoms with Crippen LogP contribution < -0.4 is 25.8 Å². The minimum atomic E-state index is -0.410. The average Bonchev–Trinajstić information content (AvgIpc) is 3.14. The van der Waals surface area contributed by atoms with E-state index in [1.807, 2.05) is 73.7 Å². The van der Waals surface area contributed by atoms with Crippen molar-refractivity contribution in [3.05, 3.63) is 114 Å². The summed E-state index contributed by atoms with van der Waals surface area (Å²) < 4.78 is 0. The summed E-state index contributed by atoms with van der Waals surface area (Å²) in [6.45, 7) is 6.29. The van der Waals surface area contributed by atoms with Crippen molar-refractivity contribution < 1.29 is 14.4 Å². The van der Waals surface area contributed by atoms with E-state index in [0.717, 1.165) is 65.6 Å². The second-order valence-electron chi connectivity index (χ2n) is 12.2. The van der Waals surface area contributed by atoms with Gasteiger partial charge in [-0.3, -0.25) is 34.7 Å². The Morgan fingerprint density at radius 2 is 1.70 bits per heavy atom. The standard InChI is InChI=1S/C37H36N10O3/c1-25-4-7-29(21-32(25)43-36-40-15-11-31(42-36)27-3-2-13-38-22-27)41-35(49)26-5-8-30(9-6-26)46-19-17-45(18-20-46)24-28-10-14-39-23-33(28)47-16-12-34(48)44-37(47)50/h2-11,13-15,21-23H,12,16-20,24H2,1H3,(H,41,49)(H,40,42,43)(H,44,48,50). The molecule has 13 heteroatoms. The van der Waals surface area contributed by atoms with Crippen LogP contribution in [0.4, 0.5) is 33.5 Å². The van der Waals surface area contributed by atoms with E-state index in [9.17, 15) is 14.4 Å². The van der Waals surface area contributed by atoms with E-state index >= 15 is 0 Å². The fourth-order valence-electron chi connectivity index (χ4n) is 6.07. The lowest BCUT2D eigenvalue weighted by Gasteiger charge is -2.37. The molecule has 252 valence electrons. The molecule has 3 N–H and O–H groups in total. The molecule has 2 aliphatic rings. The minimum Gasteiger partial charge on any atom is -0.369 e. The molecule has 2 aromatic carbocycles. The number of anilines is 5. The third-order valence-corrected chi connectivity index (χ3v) is 8.85. The number of carbonyl (C=O) groups excluding carboxylic acids is 3. The highest BCUT2D eigenvalue weighted by atomic mass is 16.2. The zero-order valence-electron chi connectivity index (χ0n) is 27.5. The first kappa shape index (κ1) is 32.3. The van der Waals surface area contributed by atoms with Gasteiger partial charge in [0, 0.05) is 98.7 Å². The quantitative estimate of drug-likeness (QED) is 0.196. The zero-order chi connectivity index (χ0) is 34.5. The molecule has 0 spiro atoms. The van der Waals surface area contributed by atoms with E-state index < -0.39 is 6.03 Å². The number of urea groups is 1. The van der Waals surface area contributed by atoms with Gasteiger partial charge in [0.25, 0.3) is 5.91 Å². The molecule has 5 heterocycles. The number of piperazine rings is 1. The summed E-state index contributed by atoms with van der Waals surface area (Å²) in [5.74, 6) is -0.0152. The molecule has 50 heavy (non-hydrogen) atoms. The van der Waals surface area contributed by atoms with Crippen molar-refractivity contribution in [1.29, 1.82) is 0 Å². The number of nitrogens with one attached hydrogen (secondary N) is 3. The number of imide groups is 1. The predicted molar refractivity (Wildman–Crippen MR) is 191 cm³/mol. The Morgan fingerprint density at radius 3 is 2.48 bits per heavy atom. The van der Waals surface area contributed by atoms with Gasteiger partial charge < -0.3 is 15.5 Å². The van der Waals surface area contributed by atoms with Gasteiger partial charge in [0.15, 0.2) is 0 Å². The van der Waals surface area contributed by atoms with E-state index in [1.165, 1.54) is 0 Å². The largest absolute Gasteiger partial charge is 0.369 e. The van der Waals surface area contributed by atoms with Gasteiger partial charge in [-0.15, -0.1) is 0 Å². The first-order valence-electron chi connectivity index (χ1n) is 16.4. The predicted octanol–water partition coefficient (Wildman–Crippen LogP) is 5.01. The van der Waals surface area contributed by atoms with Gasteiger partial charge in [0.1, 0.15) is 0 Å². The topological polar surface area (TPSA) is 149 Å². The SMILES string of the molecule is Cc1ccc(NC(=O)c2ccc(N3CCN(Cc4ccncc4N4CCC(=O)NC4=O)CC3)cc2)cc1Nc1nccc(-c2cccnc2)n1. The number of pyridine rings is 2. The number of hydrogen-bond acceptors (Lipinski definition) is 10. The van der Waals surface area contributed by atoms with Crippen LogP contribution in [-0.2, 0) is 11.3 Å². The molecule has 0 atom stereocenters. The molecule has 2 saturated heterocycles. The summed E-state index contributed by atoms with van der Waals surface area (Å²) >= 11 is 0. The minimum absolute atomic E-state index is 0.203. The van der Waals surface area contributed by atoms with Crippen molar-refractivity contribution in [2.75, 3.05) is 53.2 Å². The lowest BCUT2D eigenvalue weighted by Crippen LogP contribution is -2.50. The van der Waals surface area contributed by atoms with Crippen molar-refractivity contribution >= 4 is 46.5 Å². The first-order valence-corrected chi connectivity index (χ1v) is 16.4. The van der Waals surface area contributed by atoms with Crippen LogP contribution >= 0.6 is 0 Å². The molecule has 2 aliphatic heterocycles. The smallest absolute Gasteiger partial charge is 0.328 e. The van der Waals surface area contributed by atoms with E-state index in [-0.39, 0.29) is 18.2 Å². The summed E-state index contributed by atoms with van der Waals surface area (Å²) in [5.41, 5.74) is 7.40. The third kappa shape index (κ3) is 7.42. The van der Waals surface area contributed by atoms with Crippen molar-refractivity contribution in [1.82, 2.24) is 30.2 Å². The van der Waals surface area contributed by atoms with Crippen LogP contribution in [0.2, 0.25) is 0 Å². The van der Waals surface area contributed by atoms with E-state index in [2.05, 4.69) is 45.7 Å². The van der Waals surface area contributed by atoms with Gasteiger partial charge in [-0.2, -0.15) is 0 Å². The highest BCUT2D eigenvalue weighted by molar-refractivity contribution is 6.06. The fraction of sp³-hybridized carbons (Fsp3) is 0.216. The Morgan fingerprint density at radius 1 is 0.880 bits per heavy atom. The van der Waals surface area contributed by atoms with E-state index in [0.29, 0.717) is 30.3 Å². The monoisotopic (exact) mass is 668 g/mol. The normalized spacial score (nSPS) is 15.1. The van der Waals surface area contributed by atoms with Gasteiger partial charge in [-0.05, 0) is 78.7 Å². The van der Waals surface area contributed by atoms with Crippen molar-refractivity contribution in [3.63, 3.8) is 0 Å². The molecular formula is C37H36N10O3. The highest BCUT2D eigenvalue weighted by Gasteiger charge is 2.27. The van der Waals surface area contributed by atoms with Crippen LogP contribution in [0.25, 0.3) is 11.3 Å². The van der Waals surface area contributed by atoms with Crippen molar-refractivity contribution in [3.8, 4) is 11.3 Å². The summed E-state index contributed by atoms with van der Waals surface area (Å²) in [5, 5.41) is 8.68. The number of aryl methyl sites for hydroxylation is 1. The fourth-order valence-corrected chi connectivity index (χ4v) is 6.07. The van der Waals surface area contributed by atoms with Gasteiger partial charge in [0.2, 0.25) is 11.9 Å². The number of carbonyl (C=O) groups is 3. The summed E-state index contributed by atoms with van der Waals surface area (Å²) in [4.78, 5) is 60.9. The number of benzene rings is 2. The molecule has 0 unspecified atom stereocenters. The summed E-state index contributed by atoms with van der Waals surface area (Å²) in [6, 6.07) is 20.5. The number of amides is 4. The number of rotatable bonds is 9. The van der Waals surface area contributed by atoms with Crippen LogP contribution in [0.3, 0.4) is 0 Å². The molecule has 13 nitrogen and oxygen atoms in total. The Bertz CT molecular complexity index is 2010. The van der Waals surface area contributed by atoms with Gasteiger partial charge >= 0.3 is 6.03 Å². The highest BCUT2D eigenvalue weighted by Crippen LogP contribution is 2.27. The van der Waals surface area contributed by atoms with Gasteiger partial charge in [-0.25, -0.2) is 14.8 Å². The third-order valence-electron chi connectivity index (χ3n) is 8.85. The molecule has 7 rings (SSSR count). The lowest BCUT2D eigenvalue weighted by molar-refractivity contribution is -0.120. The number of nitrogens with zero attached hydrogens (tertiary/aromatic N) is 7. The van der Waals surface area contributed by atoms with Crippen LogP contribution in [-0.4, -0.2) is 75.4 Å². The molecule has 0 saturated carbocycles. The molecule has 4 amide bonds. The molecular weight excluding hydrogens is 632 g/mol. The number of hydrogen-bond donors (Lipinski definition) is 3. The summed E-state index contributed by atoms with van der Waals surface area (Å²) in [6.07, 6.45) is 8.86. The van der Waals surface area contributed by atoms with Crippen LogP contribution in [0.5, 0.6) is 0 Å². The Balaban J connectivity index is 0.941. The van der Waals surface area contributed by atoms with Gasteiger partial charge in [0.05, 0.1) is 17.6 Å². The Kier molecular flexibility index (Phi) is 9.38. The zero-order valence-corrected chi connectivity index (χ0v) is 27.5. The van der Waals surface area contributed by atoms with E-state index in [4.69, 9.17) is 0 Å². The maximum absolute atomic E-state index is 13.2. The molecule has 5 aromatic rings. The Labute approximate surface area is 289 Å². The molecule has 0 radical (unpaired) electrons. The van der Waals surface area contributed by atoms with Crippen LogP contribution in [0, 0.1) is 6.92 Å². The average molecular weight is 669 g/mol. The second kappa shape index (κ2) is 14.5. The Hall–Kier alpha value is -6.21. The van der Waals surface area contributed by atoms with Crippen LogP contribution in [0.1, 0.15) is 27.9 Å². The lowest BCUT2D eigenvalue weighted by atomic mass is 10.1. The molecule has 0 aliphatic carbocycles. The second-order valence-corrected chi connectivity index (χ2v) is 12.2. The van der Waals surface area contributed by atoms with Crippen molar-refractivity contribution in [2.24, 2.45) is 0 Å². The molecule has 0 bridgehead atoms. The maximum atomic E-state index is 13.2. The molecule has 2 fully saturated rings.